The van der Waals surface area contributed by atoms with Crippen LogP contribution in [0.25, 0.3) is 0 Å². The second-order valence-corrected chi connectivity index (χ2v) is 6.63. The van der Waals surface area contributed by atoms with Gasteiger partial charge in [-0.15, -0.1) is 0 Å². The molecular weight excluding hydrogens is 290 g/mol. The van der Waals surface area contributed by atoms with Gasteiger partial charge < -0.3 is 15.0 Å². The molecule has 3 heterocycles. The third-order valence-corrected chi connectivity index (χ3v) is 4.83. The fraction of sp³-hybridized carbons (Fsp3) is 0.667. The summed E-state index contributed by atoms with van der Waals surface area (Å²) in [6, 6.07) is 4.27. The highest BCUT2D eigenvalue weighted by Crippen LogP contribution is 2.17. The van der Waals surface area contributed by atoms with Crippen molar-refractivity contribution in [3.05, 3.63) is 30.1 Å². The number of nitrogens with one attached hydrogen (secondary N) is 1. The smallest absolute Gasteiger partial charge is 0.220 e. The summed E-state index contributed by atoms with van der Waals surface area (Å²) in [7, 11) is 0. The van der Waals surface area contributed by atoms with Crippen molar-refractivity contribution in [3.63, 3.8) is 0 Å². The number of rotatable bonds is 6. The van der Waals surface area contributed by atoms with Crippen LogP contribution in [0.1, 0.15) is 37.7 Å². The number of likely N-dealkylation sites (tertiary alicyclic amines) is 1. The zero-order valence-corrected chi connectivity index (χ0v) is 13.7. The van der Waals surface area contributed by atoms with Gasteiger partial charge in [-0.2, -0.15) is 0 Å². The van der Waals surface area contributed by atoms with E-state index in [4.69, 9.17) is 4.74 Å². The van der Waals surface area contributed by atoms with Gasteiger partial charge in [-0.25, -0.2) is 0 Å². The number of hydrogen-bond donors (Lipinski definition) is 1. The van der Waals surface area contributed by atoms with Crippen LogP contribution in [0.3, 0.4) is 0 Å². The summed E-state index contributed by atoms with van der Waals surface area (Å²) in [6.07, 6.45) is 9.82. The number of nitrogens with zero attached hydrogens (tertiary/aromatic N) is 2. The molecule has 0 radical (unpaired) electrons. The van der Waals surface area contributed by atoms with Gasteiger partial charge in [-0.05, 0) is 49.8 Å². The first-order valence-corrected chi connectivity index (χ1v) is 8.82. The van der Waals surface area contributed by atoms with Gasteiger partial charge in [0.25, 0.3) is 0 Å². The molecule has 1 atom stereocenters. The van der Waals surface area contributed by atoms with Gasteiger partial charge in [0.15, 0.2) is 0 Å². The van der Waals surface area contributed by atoms with E-state index < -0.39 is 0 Å². The molecule has 0 aromatic carbocycles. The Balaban J connectivity index is 1.32. The van der Waals surface area contributed by atoms with Crippen molar-refractivity contribution in [1.82, 2.24) is 15.2 Å². The monoisotopic (exact) mass is 317 g/mol. The lowest BCUT2D eigenvalue weighted by molar-refractivity contribution is -0.122. The maximum Gasteiger partial charge on any atom is 0.220 e. The SMILES string of the molecule is O=C(CCc1ccncc1)NC1CCN(C[C@@H]2CCCO2)CC1. The third kappa shape index (κ3) is 5.29. The molecule has 0 unspecified atom stereocenters. The molecule has 2 fully saturated rings. The standard InChI is InChI=1S/C18H27N3O2/c22-18(4-3-15-5-9-19-10-6-15)20-16-7-11-21(12-8-16)14-17-2-1-13-23-17/h5-6,9-10,16-17H,1-4,7-8,11-14H2,(H,20,22)/t17-/m0/s1. The highest BCUT2D eigenvalue weighted by atomic mass is 16.5. The van der Waals surface area contributed by atoms with Crippen molar-refractivity contribution in [2.24, 2.45) is 0 Å². The van der Waals surface area contributed by atoms with E-state index in [0.717, 1.165) is 45.5 Å². The lowest BCUT2D eigenvalue weighted by atomic mass is 10.0. The topological polar surface area (TPSA) is 54.5 Å². The molecule has 1 amide bonds. The molecular formula is C18H27N3O2. The van der Waals surface area contributed by atoms with Gasteiger partial charge in [0.1, 0.15) is 0 Å². The number of carbonyl (C=O) groups is 1. The minimum Gasteiger partial charge on any atom is -0.377 e. The van der Waals surface area contributed by atoms with Crippen molar-refractivity contribution in [1.29, 1.82) is 0 Å². The van der Waals surface area contributed by atoms with Crippen molar-refractivity contribution >= 4 is 5.91 Å². The first-order chi connectivity index (χ1) is 11.3. The maximum absolute atomic E-state index is 12.1. The Morgan fingerprint density at radius 2 is 2.04 bits per heavy atom. The molecule has 126 valence electrons. The minimum atomic E-state index is 0.166. The summed E-state index contributed by atoms with van der Waals surface area (Å²) in [5, 5.41) is 3.19. The Morgan fingerprint density at radius 1 is 1.26 bits per heavy atom. The quantitative estimate of drug-likeness (QED) is 0.869. The highest BCUT2D eigenvalue weighted by Gasteiger charge is 2.24. The van der Waals surface area contributed by atoms with E-state index >= 15 is 0 Å². The number of carbonyl (C=O) groups excluding carboxylic acids is 1. The summed E-state index contributed by atoms with van der Waals surface area (Å²) in [4.78, 5) is 18.6. The molecule has 3 rings (SSSR count). The van der Waals surface area contributed by atoms with Crippen molar-refractivity contribution < 1.29 is 9.53 Å². The van der Waals surface area contributed by atoms with E-state index in [1.54, 1.807) is 12.4 Å². The van der Waals surface area contributed by atoms with E-state index in [-0.39, 0.29) is 5.91 Å². The van der Waals surface area contributed by atoms with Gasteiger partial charge in [0.05, 0.1) is 6.10 Å². The van der Waals surface area contributed by atoms with Crippen LogP contribution in [-0.2, 0) is 16.0 Å². The maximum atomic E-state index is 12.1. The summed E-state index contributed by atoms with van der Waals surface area (Å²) >= 11 is 0. The Bertz CT molecular complexity index is 480. The fourth-order valence-corrected chi connectivity index (χ4v) is 3.44. The Labute approximate surface area is 138 Å². The molecule has 0 bridgehead atoms. The Kier molecular flexibility index (Phi) is 6.00. The van der Waals surface area contributed by atoms with Crippen LogP contribution in [0.4, 0.5) is 0 Å². The van der Waals surface area contributed by atoms with E-state index in [0.29, 0.717) is 18.6 Å². The Hall–Kier alpha value is -1.46. The number of pyridine rings is 1. The van der Waals surface area contributed by atoms with Gasteiger partial charge in [-0.3, -0.25) is 9.78 Å². The molecule has 0 spiro atoms. The van der Waals surface area contributed by atoms with Crippen LogP contribution in [0.5, 0.6) is 0 Å². The average Bonchev–Trinajstić information content (AvgIpc) is 3.09. The molecule has 2 aliphatic heterocycles. The van der Waals surface area contributed by atoms with Gasteiger partial charge in [-0.1, -0.05) is 0 Å². The highest BCUT2D eigenvalue weighted by molar-refractivity contribution is 5.76. The molecule has 5 nitrogen and oxygen atoms in total. The van der Waals surface area contributed by atoms with Gasteiger partial charge in [0, 0.05) is 51.1 Å². The van der Waals surface area contributed by atoms with Crippen LogP contribution >= 0.6 is 0 Å². The van der Waals surface area contributed by atoms with E-state index in [1.165, 1.54) is 18.4 Å². The van der Waals surface area contributed by atoms with Crippen molar-refractivity contribution in [3.8, 4) is 0 Å². The zero-order valence-electron chi connectivity index (χ0n) is 13.7. The fourth-order valence-electron chi connectivity index (χ4n) is 3.44. The van der Waals surface area contributed by atoms with Crippen molar-refractivity contribution in [2.75, 3.05) is 26.2 Å². The van der Waals surface area contributed by atoms with Crippen molar-refractivity contribution in [2.45, 2.75) is 50.7 Å². The lowest BCUT2D eigenvalue weighted by Gasteiger charge is -2.33. The van der Waals surface area contributed by atoms with Crippen LogP contribution in [0, 0.1) is 0 Å². The van der Waals surface area contributed by atoms with Gasteiger partial charge >= 0.3 is 0 Å². The number of aromatic nitrogens is 1. The second kappa shape index (κ2) is 8.41. The number of ether oxygens (including phenoxy) is 1. The molecule has 5 heteroatoms. The molecule has 2 aliphatic rings. The summed E-state index contributed by atoms with van der Waals surface area (Å²) in [6.45, 7) is 4.11. The van der Waals surface area contributed by atoms with E-state index in [1.807, 2.05) is 12.1 Å². The van der Waals surface area contributed by atoms with Crippen LogP contribution in [0.2, 0.25) is 0 Å². The predicted octanol–water partition coefficient (Wildman–Crippen LogP) is 1.77. The van der Waals surface area contributed by atoms with Crippen LogP contribution in [0.15, 0.2) is 24.5 Å². The first-order valence-electron chi connectivity index (χ1n) is 8.82. The first kappa shape index (κ1) is 16.4. The number of aryl methyl sites for hydroxylation is 1. The second-order valence-electron chi connectivity index (χ2n) is 6.63. The summed E-state index contributed by atoms with van der Waals surface area (Å²) in [5.74, 6) is 0.166. The predicted molar refractivity (Wildman–Crippen MR) is 89.1 cm³/mol. The van der Waals surface area contributed by atoms with Crippen LogP contribution in [-0.4, -0.2) is 54.2 Å². The average molecular weight is 317 g/mol. The lowest BCUT2D eigenvalue weighted by Crippen LogP contribution is -2.46. The molecule has 1 aromatic rings. The minimum absolute atomic E-state index is 0.166. The molecule has 1 N–H and O–H groups in total. The Morgan fingerprint density at radius 3 is 2.74 bits per heavy atom. The molecule has 1 aromatic heterocycles. The molecule has 0 aliphatic carbocycles. The third-order valence-electron chi connectivity index (χ3n) is 4.83. The van der Waals surface area contributed by atoms with Gasteiger partial charge in [0.2, 0.25) is 5.91 Å². The van der Waals surface area contributed by atoms with E-state index in [9.17, 15) is 4.79 Å². The molecule has 23 heavy (non-hydrogen) atoms. The van der Waals surface area contributed by atoms with Crippen LogP contribution < -0.4 is 5.32 Å². The summed E-state index contributed by atoms with van der Waals surface area (Å²) in [5.41, 5.74) is 1.17. The number of amides is 1. The normalized spacial score (nSPS) is 23.0. The zero-order chi connectivity index (χ0) is 15.9. The molecule has 2 saturated heterocycles. The number of piperidine rings is 1. The molecule has 0 saturated carbocycles. The largest absolute Gasteiger partial charge is 0.377 e. The van der Waals surface area contributed by atoms with E-state index in [2.05, 4.69) is 15.2 Å². The number of hydrogen-bond acceptors (Lipinski definition) is 4. The summed E-state index contributed by atoms with van der Waals surface area (Å²) < 4.78 is 5.71.